The molecule has 4 rings (SSSR count). The molecule has 1 unspecified atom stereocenters. The number of benzene rings is 1. The first-order valence-corrected chi connectivity index (χ1v) is 10.6. The van der Waals surface area contributed by atoms with Crippen LogP contribution in [0.3, 0.4) is 0 Å². The van der Waals surface area contributed by atoms with Gasteiger partial charge < -0.3 is 9.64 Å². The minimum Gasteiger partial charge on any atom is -0.358 e. The molecule has 3 heterocycles. The summed E-state index contributed by atoms with van der Waals surface area (Å²) in [5.74, 6) is 0.0319. The standard InChI is InChI=1S/C17H16ClF2N3OS2/c18-15-14-16(23(9-26-14)12-6-1-2-7-24-12)22-17(21-15)25-8-10-4-3-5-11(19)13(10)20/h3-5,12H,1-2,6-9H2. The molecule has 0 saturated carbocycles. The Balaban J connectivity index is 1.55. The molecular formula is C17H16ClF2N3OS2. The van der Waals surface area contributed by atoms with Gasteiger partial charge in [-0.3, -0.25) is 0 Å². The summed E-state index contributed by atoms with van der Waals surface area (Å²) in [6, 6.07) is 4.15. The summed E-state index contributed by atoms with van der Waals surface area (Å²) in [6.07, 6.45) is 3.16. The molecule has 0 N–H and O–H groups in total. The number of hydrogen-bond acceptors (Lipinski definition) is 6. The molecule has 1 saturated heterocycles. The van der Waals surface area contributed by atoms with Crippen LogP contribution in [-0.4, -0.2) is 28.7 Å². The van der Waals surface area contributed by atoms with Gasteiger partial charge in [0.25, 0.3) is 0 Å². The first-order valence-electron chi connectivity index (χ1n) is 8.28. The monoisotopic (exact) mass is 415 g/mol. The summed E-state index contributed by atoms with van der Waals surface area (Å²) in [4.78, 5) is 11.9. The number of ether oxygens (including phenoxy) is 1. The van der Waals surface area contributed by atoms with E-state index in [0.29, 0.717) is 10.3 Å². The largest absolute Gasteiger partial charge is 0.358 e. The Bertz CT molecular complexity index is 821. The predicted molar refractivity (Wildman–Crippen MR) is 99.8 cm³/mol. The molecule has 0 aliphatic carbocycles. The second-order valence-corrected chi connectivity index (χ2v) is 8.27. The van der Waals surface area contributed by atoms with Crippen molar-refractivity contribution in [3.05, 3.63) is 40.6 Å². The van der Waals surface area contributed by atoms with Crippen LogP contribution in [0.25, 0.3) is 0 Å². The van der Waals surface area contributed by atoms with Crippen LogP contribution in [-0.2, 0) is 10.5 Å². The van der Waals surface area contributed by atoms with Crippen molar-refractivity contribution in [1.82, 2.24) is 9.97 Å². The van der Waals surface area contributed by atoms with E-state index in [-0.39, 0.29) is 17.5 Å². The zero-order valence-electron chi connectivity index (χ0n) is 13.8. The van der Waals surface area contributed by atoms with Gasteiger partial charge in [0.15, 0.2) is 22.6 Å². The lowest BCUT2D eigenvalue weighted by molar-refractivity contribution is 0.0163. The summed E-state index contributed by atoms with van der Waals surface area (Å²) in [5, 5.41) is 0.834. The van der Waals surface area contributed by atoms with E-state index in [2.05, 4.69) is 14.9 Å². The maximum absolute atomic E-state index is 13.8. The van der Waals surface area contributed by atoms with E-state index in [1.165, 1.54) is 17.8 Å². The van der Waals surface area contributed by atoms with Gasteiger partial charge in [0.1, 0.15) is 11.4 Å². The number of halogens is 3. The summed E-state index contributed by atoms with van der Waals surface area (Å²) < 4.78 is 33.0. The van der Waals surface area contributed by atoms with Crippen LogP contribution in [0.1, 0.15) is 24.8 Å². The highest BCUT2D eigenvalue weighted by atomic mass is 35.5. The Hall–Kier alpha value is -1.09. The SMILES string of the molecule is Fc1cccc(CSc2nc(Cl)c3c(n2)N(C2CCCCO2)CS3)c1F. The van der Waals surface area contributed by atoms with Crippen LogP contribution >= 0.6 is 35.1 Å². The zero-order chi connectivity index (χ0) is 18.1. The van der Waals surface area contributed by atoms with Gasteiger partial charge in [-0.1, -0.05) is 47.3 Å². The van der Waals surface area contributed by atoms with Gasteiger partial charge in [-0.25, -0.2) is 18.7 Å². The van der Waals surface area contributed by atoms with Crippen LogP contribution in [0.4, 0.5) is 14.6 Å². The predicted octanol–water partition coefficient (Wildman–Crippen LogP) is 5.10. The van der Waals surface area contributed by atoms with Crippen LogP contribution in [0.2, 0.25) is 5.15 Å². The zero-order valence-corrected chi connectivity index (χ0v) is 16.1. The third-order valence-electron chi connectivity index (χ3n) is 4.30. The van der Waals surface area contributed by atoms with Crippen molar-refractivity contribution >= 4 is 40.9 Å². The molecule has 9 heteroatoms. The Kier molecular flexibility index (Phi) is 5.54. The lowest BCUT2D eigenvalue weighted by Crippen LogP contribution is -2.38. The second kappa shape index (κ2) is 7.88. The lowest BCUT2D eigenvalue weighted by Gasteiger charge is -2.31. The van der Waals surface area contributed by atoms with Gasteiger partial charge in [0.05, 0.1) is 10.8 Å². The molecule has 1 atom stereocenters. The van der Waals surface area contributed by atoms with Crippen molar-refractivity contribution < 1.29 is 13.5 Å². The van der Waals surface area contributed by atoms with E-state index in [1.807, 2.05) is 0 Å². The second-order valence-electron chi connectivity index (χ2n) is 6.02. The summed E-state index contributed by atoms with van der Waals surface area (Å²) in [6.45, 7) is 0.750. The average Bonchev–Trinajstić information content (AvgIpc) is 3.08. The lowest BCUT2D eigenvalue weighted by atomic mass is 10.2. The maximum atomic E-state index is 13.8. The minimum atomic E-state index is -0.854. The fraction of sp³-hybridized carbons (Fsp3) is 0.412. The topological polar surface area (TPSA) is 38.2 Å². The van der Waals surface area contributed by atoms with Crippen LogP contribution in [0.5, 0.6) is 0 Å². The molecular weight excluding hydrogens is 400 g/mol. The van der Waals surface area contributed by atoms with E-state index in [9.17, 15) is 8.78 Å². The van der Waals surface area contributed by atoms with Gasteiger partial charge in [-0.2, -0.15) is 0 Å². The van der Waals surface area contributed by atoms with E-state index < -0.39 is 11.6 Å². The first kappa shape index (κ1) is 18.3. The van der Waals surface area contributed by atoms with Crippen LogP contribution in [0.15, 0.2) is 28.3 Å². The Morgan fingerprint density at radius 3 is 3.00 bits per heavy atom. The highest BCUT2D eigenvalue weighted by Crippen LogP contribution is 2.44. The molecule has 4 nitrogen and oxygen atoms in total. The number of nitrogens with zero attached hydrogens (tertiary/aromatic N) is 3. The minimum absolute atomic E-state index is 0.00183. The van der Waals surface area contributed by atoms with Crippen molar-refractivity contribution in [3.63, 3.8) is 0 Å². The van der Waals surface area contributed by atoms with Crippen molar-refractivity contribution in [3.8, 4) is 0 Å². The van der Waals surface area contributed by atoms with E-state index in [4.69, 9.17) is 16.3 Å². The number of anilines is 1. The Labute approximate surface area is 163 Å². The summed E-state index contributed by atoms with van der Waals surface area (Å²) in [7, 11) is 0. The molecule has 0 amide bonds. The van der Waals surface area contributed by atoms with Crippen molar-refractivity contribution in [2.75, 3.05) is 17.4 Å². The number of thioether (sulfide) groups is 2. The highest BCUT2D eigenvalue weighted by Gasteiger charge is 2.32. The summed E-state index contributed by atoms with van der Waals surface area (Å²) >= 11 is 9.16. The molecule has 138 valence electrons. The van der Waals surface area contributed by atoms with Crippen LogP contribution < -0.4 is 4.90 Å². The van der Waals surface area contributed by atoms with Gasteiger partial charge in [-0.15, -0.1) is 0 Å². The Morgan fingerprint density at radius 2 is 2.19 bits per heavy atom. The Morgan fingerprint density at radius 1 is 1.31 bits per heavy atom. The molecule has 2 aliphatic rings. The third kappa shape index (κ3) is 3.65. The molecule has 0 radical (unpaired) electrons. The third-order valence-corrected chi connectivity index (χ3v) is 6.65. The fourth-order valence-corrected chi connectivity index (χ4v) is 5.17. The normalized spacial score (nSPS) is 19.7. The van der Waals surface area contributed by atoms with E-state index >= 15 is 0 Å². The number of aromatic nitrogens is 2. The van der Waals surface area contributed by atoms with Crippen molar-refractivity contribution in [2.24, 2.45) is 0 Å². The van der Waals surface area contributed by atoms with E-state index in [1.54, 1.807) is 17.8 Å². The molecule has 0 spiro atoms. The maximum Gasteiger partial charge on any atom is 0.191 e. The molecule has 0 bridgehead atoms. The average molecular weight is 416 g/mol. The molecule has 1 fully saturated rings. The molecule has 2 aromatic rings. The number of rotatable bonds is 4. The quantitative estimate of drug-likeness (QED) is 0.393. The van der Waals surface area contributed by atoms with Crippen LogP contribution in [0, 0.1) is 11.6 Å². The smallest absolute Gasteiger partial charge is 0.191 e. The fourth-order valence-electron chi connectivity index (χ4n) is 2.96. The number of fused-ring (bicyclic) bond motifs is 1. The molecule has 26 heavy (non-hydrogen) atoms. The van der Waals surface area contributed by atoms with Gasteiger partial charge in [0, 0.05) is 17.9 Å². The molecule has 1 aromatic heterocycles. The first-order chi connectivity index (χ1) is 12.6. The number of hydrogen-bond donors (Lipinski definition) is 0. The van der Waals surface area contributed by atoms with E-state index in [0.717, 1.165) is 48.5 Å². The van der Waals surface area contributed by atoms with Crippen molar-refractivity contribution in [2.45, 2.75) is 41.3 Å². The van der Waals surface area contributed by atoms with Crippen molar-refractivity contribution in [1.29, 1.82) is 0 Å². The highest BCUT2D eigenvalue weighted by molar-refractivity contribution is 8.00. The van der Waals surface area contributed by atoms with Gasteiger partial charge in [-0.05, 0) is 25.3 Å². The summed E-state index contributed by atoms with van der Waals surface area (Å²) in [5.41, 5.74) is 0.275. The van der Waals surface area contributed by atoms with Gasteiger partial charge in [0.2, 0.25) is 0 Å². The van der Waals surface area contributed by atoms with Gasteiger partial charge >= 0.3 is 0 Å². The molecule has 1 aromatic carbocycles. The molecule has 2 aliphatic heterocycles.